The molecule has 2 aliphatic heterocycles. The average molecular weight is 501 g/mol. The number of hydrogen-bond acceptors (Lipinski definition) is 7. The number of carbonyl (C=O) groups excluding carboxylic acids is 2. The highest BCUT2D eigenvalue weighted by atomic mass is 16.5. The molecule has 3 aromatic rings. The summed E-state index contributed by atoms with van der Waals surface area (Å²) in [6.45, 7) is 3.81. The van der Waals surface area contributed by atoms with Crippen molar-refractivity contribution in [3.8, 4) is 5.75 Å². The van der Waals surface area contributed by atoms with Gasteiger partial charge in [-0.2, -0.15) is 0 Å². The molecule has 5 rings (SSSR count). The van der Waals surface area contributed by atoms with Gasteiger partial charge in [-0.3, -0.25) is 9.59 Å². The van der Waals surface area contributed by atoms with Gasteiger partial charge >= 0.3 is 0 Å². The van der Waals surface area contributed by atoms with Crippen LogP contribution in [0.3, 0.4) is 0 Å². The van der Waals surface area contributed by atoms with Gasteiger partial charge in [-0.1, -0.05) is 12.1 Å². The van der Waals surface area contributed by atoms with Crippen molar-refractivity contribution in [1.82, 2.24) is 15.2 Å². The van der Waals surface area contributed by atoms with E-state index in [4.69, 9.17) is 4.74 Å². The monoisotopic (exact) mass is 500 g/mol. The first-order valence-electron chi connectivity index (χ1n) is 12.5. The third kappa shape index (κ3) is 4.58. The van der Waals surface area contributed by atoms with Gasteiger partial charge in [0.1, 0.15) is 11.6 Å². The molecule has 0 bridgehead atoms. The van der Waals surface area contributed by atoms with Gasteiger partial charge in [0.15, 0.2) is 0 Å². The lowest BCUT2D eigenvalue weighted by molar-refractivity contribution is 0.0789. The third-order valence-corrected chi connectivity index (χ3v) is 7.06. The highest BCUT2D eigenvalue weighted by Crippen LogP contribution is 2.40. The Labute approximate surface area is 217 Å². The molecule has 9 nitrogen and oxygen atoms in total. The molecule has 1 saturated heterocycles. The number of pyridine rings is 1. The van der Waals surface area contributed by atoms with E-state index in [-0.39, 0.29) is 11.8 Å². The molecule has 0 aliphatic carbocycles. The molecule has 0 spiro atoms. The molecule has 2 aromatic carbocycles. The first-order valence-corrected chi connectivity index (χ1v) is 12.5. The lowest BCUT2D eigenvalue weighted by atomic mass is 10.1. The molecule has 1 aromatic heterocycles. The van der Waals surface area contributed by atoms with Gasteiger partial charge in [-0.15, -0.1) is 0 Å². The first-order chi connectivity index (χ1) is 17.9. The largest absolute Gasteiger partial charge is 0.492 e. The smallest absolute Gasteiger partial charge is 0.260 e. The van der Waals surface area contributed by atoms with Gasteiger partial charge in [-0.05, 0) is 50.7 Å². The van der Waals surface area contributed by atoms with Crippen LogP contribution in [0.25, 0.3) is 0 Å². The Balaban J connectivity index is 1.44. The van der Waals surface area contributed by atoms with Crippen molar-refractivity contribution in [2.45, 2.75) is 19.4 Å². The molecule has 2 N–H and O–H groups in total. The average Bonchev–Trinajstić information content (AvgIpc) is 3.39. The van der Waals surface area contributed by atoms with Gasteiger partial charge in [-0.25, -0.2) is 4.98 Å². The highest BCUT2D eigenvalue weighted by Gasteiger charge is 2.28. The summed E-state index contributed by atoms with van der Waals surface area (Å²) in [6, 6.07) is 15.3. The minimum Gasteiger partial charge on any atom is -0.492 e. The summed E-state index contributed by atoms with van der Waals surface area (Å²) in [7, 11) is 5.63. The third-order valence-electron chi connectivity index (χ3n) is 7.06. The fourth-order valence-electron chi connectivity index (χ4n) is 4.93. The van der Waals surface area contributed by atoms with Crippen LogP contribution >= 0.6 is 0 Å². The zero-order chi connectivity index (χ0) is 26.1. The zero-order valence-corrected chi connectivity index (χ0v) is 21.6. The Morgan fingerprint density at radius 1 is 1.08 bits per heavy atom. The second-order valence-electron chi connectivity index (χ2n) is 9.29. The Kier molecular flexibility index (Phi) is 6.71. The minimum atomic E-state index is -0.0818. The van der Waals surface area contributed by atoms with Crippen molar-refractivity contribution in [1.29, 1.82) is 0 Å². The number of likely N-dealkylation sites (N-methyl/N-ethyl adjacent to an activating group) is 1. The molecule has 9 heteroatoms. The fourth-order valence-corrected chi connectivity index (χ4v) is 4.93. The van der Waals surface area contributed by atoms with E-state index in [0.29, 0.717) is 53.3 Å². The zero-order valence-electron chi connectivity index (χ0n) is 21.6. The lowest BCUT2D eigenvalue weighted by Crippen LogP contribution is -2.33. The van der Waals surface area contributed by atoms with Crippen LogP contribution in [0.15, 0.2) is 54.7 Å². The molecule has 0 unspecified atom stereocenters. The number of likely N-dealkylation sites (tertiary alicyclic amines) is 1. The summed E-state index contributed by atoms with van der Waals surface area (Å²) in [5.41, 5.74) is 4.33. The number of nitrogens with zero attached hydrogens (tertiary/aromatic N) is 4. The lowest BCUT2D eigenvalue weighted by Gasteiger charge is -2.23. The summed E-state index contributed by atoms with van der Waals surface area (Å²) in [4.78, 5) is 36.2. The summed E-state index contributed by atoms with van der Waals surface area (Å²) < 4.78 is 5.90. The number of aromatic nitrogens is 1. The number of fused-ring (bicyclic) bond motifs is 2. The van der Waals surface area contributed by atoms with E-state index < -0.39 is 0 Å². The van der Waals surface area contributed by atoms with Gasteiger partial charge in [0, 0.05) is 44.9 Å². The Bertz CT molecular complexity index is 1340. The molecule has 192 valence electrons. The molecule has 0 saturated carbocycles. The number of benzene rings is 2. The molecule has 2 aliphatic rings. The van der Waals surface area contributed by atoms with E-state index in [1.54, 1.807) is 24.2 Å². The van der Waals surface area contributed by atoms with Crippen LogP contribution in [0.5, 0.6) is 5.75 Å². The number of anilines is 5. The number of rotatable bonds is 6. The van der Waals surface area contributed by atoms with Crippen molar-refractivity contribution < 1.29 is 14.3 Å². The van der Waals surface area contributed by atoms with E-state index >= 15 is 0 Å². The Morgan fingerprint density at radius 3 is 2.65 bits per heavy atom. The SMILES string of the molecule is CCOc1cc(C(=O)N2CC[C@@H](NC)C2)ccc1Nc1cc2c(cn1)N(C)C(=O)c1ccccc1N2C. The molecule has 37 heavy (non-hydrogen) atoms. The number of ether oxygens (including phenoxy) is 1. The number of nitrogens with one attached hydrogen (secondary N) is 2. The predicted octanol–water partition coefficient (Wildman–Crippen LogP) is 4.02. The van der Waals surface area contributed by atoms with E-state index in [2.05, 4.69) is 15.6 Å². The van der Waals surface area contributed by atoms with Crippen LogP contribution in [0.4, 0.5) is 28.6 Å². The van der Waals surface area contributed by atoms with Crippen LogP contribution in [0, 0.1) is 0 Å². The number of hydrogen-bond donors (Lipinski definition) is 2. The molecular weight excluding hydrogens is 468 g/mol. The van der Waals surface area contributed by atoms with Crippen molar-refractivity contribution in [2.75, 3.05) is 56.0 Å². The number of amides is 2. The second kappa shape index (κ2) is 10.1. The second-order valence-corrected chi connectivity index (χ2v) is 9.29. The van der Waals surface area contributed by atoms with E-state index in [1.807, 2.05) is 73.3 Å². The highest BCUT2D eigenvalue weighted by molar-refractivity contribution is 6.13. The summed E-state index contributed by atoms with van der Waals surface area (Å²) in [6.07, 6.45) is 2.64. The molecule has 2 amide bonds. The molecule has 0 radical (unpaired) electrons. The van der Waals surface area contributed by atoms with Crippen molar-refractivity contribution in [3.63, 3.8) is 0 Å². The number of carbonyl (C=O) groups is 2. The summed E-state index contributed by atoms with van der Waals surface area (Å²) in [5.74, 6) is 1.10. The van der Waals surface area contributed by atoms with Gasteiger partial charge in [0.05, 0.1) is 41.1 Å². The summed E-state index contributed by atoms with van der Waals surface area (Å²) >= 11 is 0. The quantitative estimate of drug-likeness (QED) is 0.529. The fraction of sp³-hybridized carbons (Fsp3) is 0.321. The van der Waals surface area contributed by atoms with Crippen LogP contribution in [0.1, 0.15) is 34.1 Å². The van der Waals surface area contributed by atoms with Crippen LogP contribution in [-0.4, -0.2) is 68.6 Å². The van der Waals surface area contributed by atoms with E-state index in [1.165, 1.54) is 0 Å². The van der Waals surface area contributed by atoms with Crippen LogP contribution in [-0.2, 0) is 0 Å². The first kappa shape index (κ1) is 24.6. The summed E-state index contributed by atoms with van der Waals surface area (Å²) in [5, 5.41) is 6.60. The topological polar surface area (TPSA) is 90.0 Å². The number of para-hydroxylation sites is 1. The Hall–Kier alpha value is -4.11. The van der Waals surface area contributed by atoms with Crippen LogP contribution < -0.4 is 25.2 Å². The standard InChI is InChI=1S/C28H32N6O3/c1-5-37-25-14-18(27(35)34-13-12-19(17-34)29-2)10-11-21(25)31-26-15-23-24(16-30-26)33(4)28(36)20-8-6-7-9-22(20)32(23)3/h6-11,14-16,19,29H,5,12-13,17H2,1-4H3,(H,30,31)/t19-/m1/s1. The molecule has 1 atom stereocenters. The van der Waals surface area contributed by atoms with Crippen molar-refractivity contribution in [2.24, 2.45) is 0 Å². The maximum atomic E-state index is 13.1. The van der Waals surface area contributed by atoms with Gasteiger partial charge in [0.25, 0.3) is 11.8 Å². The normalized spacial score (nSPS) is 16.8. The molecular formula is C28H32N6O3. The maximum Gasteiger partial charge on any atom is 0.260 e. The predicted molar refractivity (Wildman–Crippen MR) is 146 cm³/mol. The van der Waals surface area contributed by atoms with Gasteiger partial charge in [0.2, 0.25) is 0 Å². The van der Waals surface area contributed by atoms with Crippen molar-refractivity contribution >= 4 is 40.4 Å². The van der Waals surface area contributed by atoms with Crippen LogP contribution in [0.2, 0.25) is 0 Å². The Morgan fingerprint density at radius 2 is 1.89 bits per heavy atom. The van der Waals surface area contributed by atoms with Gasteiger partial charge < -0.3 is 30.1 Å². The minimum absolute atomic E-state index is 0.00130. The van der Waals surface area contributed by atoms with Crippen molar-refractivity contribution in [3.05, 3.63) is 65.9 Å². The molecule has 1 fully saturated rings. The van der Waals surface area contributed by atoms with E-state index in [9.17, 15) is 9.59 Å². The maximum absolute atomic E-state index is 13.1. The molecule has 3 heterocycles. The van der Waals surface area contributed by atoms with E-state index in [0.717, 1.165) is 24.3 Å².